The number of halogens is 2. The van der Waals surface area contributed by atoms with Gasteiger partial charge in [-0.05, 0) is 42.5 Å². The molecule has 1 aliphatic carbocycles. The highest BCUT2D eigenvalue weighted by molar-refractivity contribution is 7.80. The van der Waals surface area contributed by atoms with Crippen molar-refractivity contribution >= 4 is 46.1 Å². The van der Waals surface area contributed by atoms with Gasteiger partial charge in [0.2, 0.25) is 0 Å². The maximum Gasteiger partial charge on any atom is 0.142 e. The summed E-state index contributed by atoms with van der Waals surface area (Å²) in [5.74, 6) is 0. The molecule has 0 aliphatic heterocycles. The van der Waals surface area contributed by atoms with Crippen molar-refractivity contribution in [3.05, 3.63) is 69.7 Å². The van der Waals surface area contributed by atoms with E-state index in [1.807, 2.05) is 42.5 Å². The molecule has 0 aromatic heterocycles. The van der Waals surface area contributed by atoms with Gasteiger partial charge < -0.3 is 10.6 Å². The number of hydrogen-bond acceptors (Lipinski definition) is 3. The summed E-state index contributed by atoms with van der Waals surface area (Å²) in [6.45, 7) is 0.402. The molecular formula is C20H20Cl2N2OS. The third-order valence-corrected chi connectivity index (χ3v) is 5.88. The molecule has 2 aromatic rings. The Morgan fingerprint density at radius 1 is 1.12 bits per heavy atom. The topological polar surface area (TPSA) is 47.6 Å². The fraction of sp³-hybridized carbons (Fsp3) is 0.300. The molecule has 3 rings (SSSR count). The average molecular weight is 407 g/mol. The summed E-state index contributed by atoms with van der Waals surface area (Å²) in [5, 5.41) is 5.44. The lowest BCUT2D eigenvalue weighted by Gasteiger charge is -2.37. The van der Waals surface area contributed by atoms with Gasteiger partial charge in [0.1, 0.15) is 6.61 Å². The van der Waals surface area contributed by atoms with Crippen molar-refractivity contribution in [2.24, 2.45) is 10.9 Å². The Kier molecular flexibility index (Phi) is 6.17. The predicted octanol–water partition coefficient (Wildman–Crippen LogP) is 5.66. The van der Waals surface area contributed by atoms with E-state index < -0.39 is 5.41 Å². The van der Waals surface area contributed by atoms with Crippen molar-refractivity contribution in [3.8, 4) is 0 Å². The highest BCUT2D eigenvalue weighted by Gasteiger charge is 2.43. The van der Waals surface area contributed by atoms with Crippen molar-refractivity contribution in [2.45, 2.75) is 37.7 Å². The van der Waals surface area contributed by atoms with Crippen LogP contribution in [0, 0.1) is 0 Å². The van der Waals surface area contributed by atoms with Crippen LogP contribution in [0.4, 0.5) is 0 Å². The normalized spacial score (nSPS) is 21.5. The monoisotopic (exact) mass is 406 g/mol. The third-order valence-electron chi connectivity index (χ3n) is 4.79. The number of nitrogens with zero attached hydrogens (tertiary/aromatic N) is 1. The van der Waals surface area contributed by atoms with Crippen LogP contribution in [0.2, 0.25) is 10.0 Å². The largest absolute Gasteiger partial charge is 0.392 e. The lowest BCUT2D eigenvalue weighted by atomic mass is 9.68. The van der Waals surface area contributed by atoms with E-state index in [1.165, 1.54) is 0 Å². The molecule has 0 spiro atoms. The molecule has 1 atom stereocenters. The number of thiocarbonyl (C=S) groups is 1. The minimum Gasteiger partial charge on any atom is -0.392 e. The van der Waals surface area contributed by atoms with Gasteiger partial charge in [-0.15, -0.1) is 0 Å². The summed E-state index contributed by atoms with van der Waals surface area (Å²) in [4.78, 5) is 6.04. The van der Waals surface area contributed by atoms with Gasteiger partial charge in [-0.2, -0.15) is 0 Å². The van der Waals surface area contributed by atoms with Crippen LogP contribution >= 0.6 is 35.4 Å². The standard InChI is InChI=1S/C20H20Cl2N2OS/c21-16-10-9-15(12-17(16)22)20(19(23)26)11-5-4-8-18(20)24-25-13-14-6-2-1-3-7-14/h1-3,6-7,9-10,12H,4-5,8,11,13H2,(H2,23,26). The average Bonchev–Trinajstić information content (AvgIpc) is 2.65. The summed E-state index contributed by atoms with van der Waals surface area (Å²) in [6.07, 6.45) is 3.61. The number of benzene rings is 2. The molecule has 1 saturated carbocycles. The third kappa shape index (κ3) is 3.88. The summed E-state index contributed by atoms with van der Waals surface area (Å²) in [6, 6.07) is 15.5. The van der Waals surface area contributed by atoms with Crippen molar-refractivity contribution < 1.29 is 4.84 Å². The highest BCUT2D eigenvalue weighted by atomic mass is 35.5. The molecule has 0 radical (unpaired) electrons. The maximum absolute atomic E-state index is 6.24. The van der Waals surface area contributed by atoms with Crippen molar-refractivity contribution in [3.63, 3.8) is 0 Å². The predicted molar refractivity (Wildman–Crippen MR) is 112 cm³/mol. The van der Waals surface area contributed by atoms with Gasteiger partial charge in [-0.1, -0.05) is 83.4 Å². The van der Waals surface area contributed by atoms with Crippen LogP contribution in [0.5, 0.6) is 0 Å². The Morgan fingerprint density at radius 3 is 2.58 bits per heavy atom. The first kappa shape index (κ1) is 19.2. The molecule has 26 heavy (non-hydrogen) atoms. The van der Waals surface area contributed by atoms with Crippen molar-refractivity contribution in [1.29, 1.82) is 0 Å². The van der Waals surface area contributed by atoms with Gasteiger partial charge in [0.05, 0.1) is 26.2 Å². The Balaban J connectivity index is 1.93. The van der Waals surface area contributed by atoms with Gasteiger partial charge in [-0.25, -0.2) is 0 Å². The van der Waals surface area contributed by atoms with E-state index in [0.717, 1.165) is 42.5 Å². The van der Waals surface area contributed by atoms with Crippen LogP contribution in [-0.2, 0) is 16.9 Å². The molecular weight excluding hydrogens is 387 g/mol. The molecule has 6 heteroatoms. The smallest absolute Gasteiger partial charge is 0.142 e. The molecule has 1 aliphatic rings. The van der Waals surface area contributed by atoms with E-state index >= 15 is 0 Å². The second-order valence-corrected chi connectivity index (χ2v) is 7.66. The number of nitrogens with two attached hydrogens (primary N) is 1. The van der Waals surface area contributed by atoms with Gasteiger partial charge in [0.15, 0.2) is 0 Å². The van der Waals surface area contributed by atoms with E-state index in [1.54, 1.807) is 6.07 Å². The van der Waals surface area contributed by atoms with E-state index in [2.05, 4.69) is 5.16 Å². The van der Waals surface area contributed by atoms with Crippen LogP contribution < -0.4 is 5.73 Å². The highest BCUT2D eigenvalue weighted by Crippen LogP contribution is 2.40. The minimum absolute atomic E-state index is 0.387. The van der Waals surface area contributed by atoms with E-state index in [0.29, 0.717) is 21.6 Å². The SMILES string of the molecule is NC(=S)C1(c2ccc(Cl)c(Cl)c2)CCCCC1=NOCc1ccccc1. The first-order valence-electron chi connectivity index (χ1n) is 8.52. The van der Waals surface area contributed by atoms with E-state index in [-0.39, 0.29) is 0 Å². The van der Waals surface area contributed by atoms with Crippen molar-refractivity contribution in [2.75, 3.05) is 0 Å². The van der Waals surface area contributed by atoms with Crippen LogP contribution in [0.25, 0.3) is 0 Å². The molecule has 136 valence electrons. The van der Waals surface area contributed by atoms with Gasteiger partial charge in [0.25, 0.3) is 0 Å². The second kappa shape index (κ2) is 8.38. The Labute approximate surface area is 169 Å². The number of oxime groups is 1. The van der Waals surface area contributed by atoms with Crippen LogP contribution in [0.15, 0.2) is 53.7 Å². The number of rotatable bonds is 5. The van der Waals surface area contributed by atoms with Crippen LogP contribution in [0.3, 0.4) is 0 Å². The van der Waals surface area contributed by atoms with Gasteiger partial charge in [-0.3, -0.25) is 0 Å². The summed E-state index contributed by atoms with van der Waals surface area (Å²) >= 11 is 17.8. The quantitative estimate of drug-likeness (QED) is 0.514. The molecule has 1 fully saturated rings. The summed E-state index contributed by atoms with van der Waals surface area (Å²) in [7, 11) is 0. The summed E-state index contributed by atoms with van der Waals surface area (Å²) < 4.78 is 0. The molecule has 0 amide bonds. The Morgan fingerprint density at radius 2 is 1.88 bits per heavy atom. The zero-order valence-electron chi connectivity index (χ0n) is 14.3. The molecule has 2 aromatic carbocycles. The molecule has 0 heterocycles. The maximum atomic E-state index is 6.24. The van der Waals surface area contributed by atoms with Crippen LogP contribution in [-0.4, -0.2) is 10.7 Å². The molecule has 2 N–H and O–H groups in total. The molecule has 0 bridgehead atoms. The van der Waals surface area contributed by atoms with Crippen LogP contribution in [0.1, 0.15) is 36.8 Å². The second-order valence-electron chi connectivity index (χ2n) is 6.40. The zero-order valence-corrected chi connectivity index (χ0v) is 16.6. The first-order valence-corrected chi connectivity index (χ1v) is 9.69. The van der Waals surface area contributed by atoms with E-state index in [4.69, 9.17) is 46.0 Å². The zero-order chi connectivity index (χ0) is 18.6. The number of hydrogen-bond donors (Lipinski definition) is 1. The van der Waals surface area contributed by atoms with Gasteiger partial charge >= 0.3 is 0 Å². The molecule has 1 unspecified atom stereocenters. The molecule has 0 saturated heterocycles. The van der Waals surface area contributed by atoms with Crippen molar-refractivity contribution in [1.82, 2.24) is 0 Å². The lowest BCUT2D eigenvalue weighted by molar-refractivity contribution is 0.127. The lowest BCUT2D eigenvalue weighted by Crippen LogP contribution is -2.48. The minimum atomic E-state index is -0.640. The first-order chi connectivity index (χ1) is 12.5. The van der Waals surface area contributed by atoms with E-state index in [9.17, 15) is 0 Å². The fourth-order valence-electron chi connectivity index (χ4n) is 3.40. The Hall–Kier alpha value is -1.62. The molecule has 3 nitrogen and oxygen atoms in total. The fourth-order valence-corrected chi connectivity index (χ4v) is 4.04. The Bertz CT molecular complexity index is 826. The summed E-state index contributed by atoms with van der Waals surface area (Å²) in [5.41, 5.74) is 8.40. The van der Waals surface area contributed by atoms with Gasteiger partial charge in [0, 0.05) is 0 Å².